The number of fused-ring (bicyclic) bond motifs is 1. The minimum atomic E-state index is -3.19. The number of ether oxygens (including phenoxy) is 5. The van der Waals surface area contributed by atoms with E-state index in [1.165, 1.54) is 18.9 Å². The number of methoxy groups -OCH3 is 1. The fourth-order valence-electron chi connectivity index (χ4n) is 9.39. The summed E-state index contributed by atoms with van der Waals surface area (Å²) in [7, 11) is 5.03. The van der Waals surface area contributed by atoms with Gasteiger partial charge in [0.2, 0.25) is 0 Å². The van der Waals surface area contributed by atoms with Crippen LogP contribution in [0.15, 0.2) is 24.4 Å². The molecule has 18 heteroatoms. The van der Waals surface area contributed by atoms with Crippen LogP contribution in [-0.2, 0) is 44.6 Å². The molecular formula is C42H64FN7O10. The highest BCUT2D eigenvalue weighted by Crippen LogP contribution is 2.44. The van der Waals surface area contributed by atoms with E-state index in [0.717, 1.165) is 6.92 Å². The van der Waals surface area contributed by atoms with E-state index in [4.69, 9.17) is 29.4 Å². The van der Waals surface area contributed by atoms with Crippen molar-refractivity contribution in [3.8, 4) is 11.4 Å². The molecule has 3 saturated heterocycles. The van der Waals surface area contributed by atoms with E-state index in [1.807, 2.05) is 25.9 Å². The lowest BCUT2D eigenvalue weighted by molar-refractivity contribution is -0.295. The summed E-state index contributed by atoms with van der Waals surface area (Å²) in [6.45, 7) is 13.1. The van der Waals surface area contributed by atoms with E-state index in [2.05, 4.69) is 15.3 Å². The number of halogens is 1. The molecule has 3 aliphatic heterocycles. The van der Waals surface area contributed by atoms with Crippen LogP contribution in [0.1, 0.15) is 87.5 Å². The van der Waals surface area contributed by atoms with Crippen molar-refractivity contribution in [2.75, 3.05) is 33.5 Å². The third kappa shape index (κ3) is 9.37. The third-order valence-electron chi connectivity index (χ3n) is 12.8. The monoisotopic (exact) mass is 845 g/mol. The minimum absolute atomic E-state index is 0.0156. The van der Waals surface area contributed by atoms with E-state index in [9.17, 15) is 24.3 Å². The van der Waals surface area contributed by atoms with Gasteiger partial charge in [-0.25, -0.2) is 19.0 Å². The molecule has 60 heavy (non-hydrogen) atoms. The number of aliphatic hydroxyl groups excluding tert-OH is 1. The van der Waals surface area contributed by atoms with Gasteiger partial charge in [0.1, 0.15) is 29.5 Å². The van der Waals surface area contributed by atoms with Crippen LogP contribution < -0.4 is 5.73 Å². The number of nitrogens with zero attached hydrogens (tertiary/aromatic N) is 6. The number of carbonyl (C=O) groups excluding carboxylic acids is 4. The number of hydrogen-bond acceptors (Lipinski definition) is 15. The highest BCUT2D eigenvalue weighted by molar-refractivity contribution is 6.08. The van der Waals surface area contributed by atoms with Gasteiger partial charge in [-0.2, -0.15) is 0 Å². The van der Waals surface area contributed by atoms with Gasteiger partial charge in [0.25, 0.3) is 5.67 Å². The number of unbranched alkanes of at least 4 members (excludes halogenated alkanes) is 1. The fraction of sp³-hybridized carbons (Fsp3) is 0.738. The van der Waals surface area contributed by atoms with Gasteiger partial charge in [0.05, 0.1) is 35.7 Å². The number of rotatable bonds is 11. The maximum atomic E-state index is 16.9. The Balaban J connectivity index is 1.45. The molecule has 5 rings (SSSR count). The van der Waals surface area contributed by atoms with Crippen LogP contribution in [0, 0.1) is 17.8 Å². The molecule has 5 unspecified atom stereocenters. The highest BCUT2D eigenvalue weighted by Gasteiger charge is 2.61. The van der Waals surface area contributed by atoms with Gasteiger partial charge in [0, 0.05) is 44.0 Å². The number of likely N-dealkylation sites (N-methyl/N-ethyl adjacent to an activating group) is 1. The zero-order valence-corrected chi connectivity index (χ0v) is 36.8. The summed E-state index contributed by atoms with van der Waals surface area (Å²) in [4.78, 5) is 64.3. The van der Waals surface area contributed by atoms with E-state index in [-0.39, 0.29) is 37.3 Å². The number of pyridine rings is 1. The molecule has 3 N–H and O–H groups in total. The van der Waals surface area contributed by atoms with Gasteiger partial charge in [-0.15, -0.1) is 5.10 Å². The van der Waals surface area contributed by atoms with E-state index in [1.54, 1.807) is 63.7 Å². The normalized spacial score (nSPS) is 37.1. The Hall–Kier alpha value is -4.10. The van der Waals surface area contributed by atoms with Crippen molar-refractivity contribution in [2.45, 2.75) is 154 Å². The van der Waals surface area contributed by atoms with Gasteiger partial charge in [-0.3, -0.25) is 14.3 Å². The number of Topliss-reactive ketones (excluding diaryl/α,β-unsaturated/α-hetero) is 2. The summed E-state index contributed by atoms with van der Waals surface area (Å²) >= 11 is 0. The predicted octanol–water partition coefficient (Wildman–Crippen LogP) is 4.00. The van der Waals surface area contributed by atoms with Crippen LogP contribution in [0.25, 0.3) is 11.4 Å². The topological polar surface area (TPSA) is 211 Å². The number of carbonyl (C=O) groups is 4. The number of nitrogen functional groups attached to an aromatic ring is 1. The second kappa shape index (κ2) is 18.5. The van der Waals surface area contributed by atoms with Crippen molar-refractivity contribution in [3.05, 3.63) is 24.4 Å². The van der Waals surface area contributed by atoms with Crippen molar-refractivity contribution >= 4 is 29.4 Å². The molecule has 13 atom stereocenters. The van der Waals surface area contributed by atoms with Gasteiger partial charge >= 0.3 is 12.1 Å². The van der Waals surface area contributed by atoms with Crippen molar-refractivity contribution in [2.24, 2.45) is 17.8 Å². The number of aliphatic hydroxyl groups is 1. The van der Waals surface area contributed by atoms with E-state index in [0.29, 0.717) is 43.0 Å². The van der Waals surface area contributed by atoms with Crippen molar-refractivity contribution in [3.63, 3.8) is 0 Å². The second-order valence-electron chi connectivity index (χ2n) is 17.6. The first kappa shape index (κ1) is 47.0. The maximum Gasteiger partial charge on any atom is 0.410 e. The molecule has 3 aliphatic rings. The Morgan fingerprint density at radius 3 is 2.35 bits per heavy atom. The third-order valence-corrected chi connectivity index (χ3v) is 12.8. The number of nitrogens with two attached hydrogens (primary N) is 1. The van der Waals surface area contributed by atoms with Gasteiger partial charge < -0.3 is 44.3 Å². The Bertz CT molecular complexity index is 1860. The van der Waals surface area contributed by atoms with Gasteiger partial charge in [0.15, 0.2) is 17.7 Å². The molecule has 0 saturated carbocycles. The summed E-state index contributed by atoms with van der Waals surface area (Å²) in [6.07, 6.45) is -2.71. The van der Waals surface area contributed by atoms with E-state index >= 15 is 4.39 Å². The lowest BCUT2D eigenvalue weighted by atomic mass is 9.73. The Kier molecular flexibility index (Phi) is 14.5. The standard InChI is InChI=1S/C42H64FN7O10/c1-12-30-42(8)34(50(39(55)60-42)19-14-13-18-49-22-28(46-47-49)27-16-15-17-31(44)45-27)25(4)32(51)23(2)21-40(6,56-11)36(26(5)35(53)41(7,43)38(54)58-30)59-37-33(52)29(48(9)10)20-24(3)57-37/h15-17,22-26,29-30,33-34,36-37,52H,12-14,18-21H2,1-11H3,(H2,44,45)/t23-,24?,25+,26+,29?,30?,33?,34-,36-,37?,40+,41+,42-/m1/s1. The van der Waals surface area contributed by atoms with Crippen LogP contribution >= 0.6 is 0 Å². The lowest BCUT2D eigenvalue weighted by Gasteiger charge is -2.47. The average molecular weight is 846 g/mol. The first-order valence-electron chi connectivity index (χ1n) is 20.9. The van der Waals surface area contributed by atoms with Crippen LogP contribution in [0.3, 0.4) is 0 Å². The number of ketones is 2. The molecule has 0 aromatic carbocycles. The molecular weight excluding hydrogens is 781 g/mol. The minimum Gasteiger partial charge on any atom is -0.455 e. The number of aryl methyl sites for hydroxylation is 1. The van der Waals surface area contributed by atoms with Crippen LogP contribution in [0.2, 0.25) is 0 Å². The number of cyclic esters (lactones) is 1. The summed E-state index contributed by atoms with van der Waals surface area (Å²) in [6, 6.07) is 3.91. The maximum absolute atomic E-state index is 16.9. The van der Waals surface area contributed by atoms with Crippen LogP contribution in [0.5, 0.6) is 0 Å². The predicted molar refractivity (Wildman–Crippen MR) is 217 cm³/mol. The largest absolute Gasteiger partial charge is 0.455 e. The first-order chi connectivity index (χ1) is 28.1. The summed E-state index contributed by atoms with van der Waals surface area (Å²) in [5.74, 6) is -5.52. The molecule has 17 nitrogen and oxygen atoms in total. The molecule has 2 aromatic rings. The molecule has 0 bridgehead atoms. The van der Waals surface area contributed by atoms with Gasteiger partial charge in [-0.1, -0.05) is 39.0 Å². The zero-order valence-electron chi connectivity index (χ0n) is 36.8. The molecule has 3 fully saturated rings. The van der Waals surface area contributed by atoms with Crippen molar-refractivity contribution < 1.29 is 52.4 Å². The molecule has 0 aliphatic carbocycles. The average Bonchev–Trinajstić information content (AvgIpc) is 3.78. The van der Waals surface area contributed by atoms with Crippen LogP contribution in [0.4, 0.5) is 15.0 Å². The number of alkyl halides is 1. The SMILES string of the molecule is CCC1OC(=O)[C@@](C)(F)C(=O)[C@H](C)[C@@H](OC2OC(C)CC(N(C)C)C2O)[C@@](C)(OC)C[C@@H](C)C(=O)[C@H](C)[C@H]2N(CCCCn3cc(-c4cccc(N)n4)nn3)C(=O)O[C@]12C. The molecule has 2 aromatic heterocycles. The van der Waals surface area contributed by atoms with Crippen molar-refractivity contribution in [1.82, 2.24) is 29.8 Å². The highest BCUT2D eigenvalue weighted by atomic mass is 19.1. The summed E-state index contributed by atoms with van der Waals surface area (Å²) in [5, 5.41) is 19.8. The number of hydrogen-bond donors (Lipinski definition) is 2. The molecule has 0 radical (unpaired) electrons. The molecule has 5 heterocycles. The Labute approximate surface area is 351 Å². The van der Waals surface area contributed by atoms with Gasteiger partial charge in [-0.05, 0) is 86.0 Å². The quantitative estimate of drug-likeness (QED) is 0.186. The second-order valence-corrected chi connectivity index (χ2v) is 17.6. The Morgan fingerprint density at radius 1 is 1.03 bits per heavy atom. The smallest absolute Gasteiger partial charge is 0.410 e. The first-order valence-corrected chi connectivity index (χ1v) is 20.9. The fourth-order valence-corrected chi connectivity index (χ4v) is 9.39. The van der Waals surface area contributed by atoms with E-state index < -0.39 is 83.1 Å². The van der Waals surface area contributed by atoms with Crippen molar-refractivity contribution in [1.29, 1.82) is 0 Å². The number of aromatic nitrogens is 4. The summed E-state index contributed by atoms with van der Waals surface area (Å²) in [5.41, 5.74) is 0.700. The molecule has 0 spiro atoms. The van der Waals surface area contributed by atoms with Crippen LogP contribution in [-0.4, -0.2) is 146 Å². The molecule has 1 amide bonds. The lowest BCUT2D eigenvalue weighted by Crippen LogP contribution is -2.61. The zero-order chi connectivity index (χ0) is 44.5. The number of anilines is 1. The number of amides is 1. The number of esters is 1. The Morgan fingerprint density at radius 2 is 1.72 bits per heavy atom. The molecule has 334 valence electrons. The summed E-state index contributed by atoms with van der Waals surface area (Å²) < 4.78 is 49.1.